The number of halogens is 1. The van der Waals surface area contributed by atoms with Crippen LogP contribution in [0.5, 0.6) is 5.75 Å². The van der Waals surface area contributed by atoms with Crippen LogP contribution in [0.25, 0.3) is 11.1 Å². The van der Waals surface area contributed by atoms with Gasteiger partial charge in [-0.25, -0.2) is 4.39 Å². The van der Waals surface area contributed by atoms with E-state index in [0.29, 0.717) is 22.3 Å². The first kappa shape index (κ1) is 15.3. The predicted molar refractivity (Wildman–Crippen MR) is 101 cm³/mol. The number of benzene rings is 2. The van der Waals surface area contributed by atoms with E-state index in [1.807, 2.05) is 6.07 Å². The highest BCUT2D eigenvalue weighted by molar-refractivity contribution is 6.00. The van der Waals surface area contributed by atoms with Crippen molar-refractivity contribution < 1.29 is 16.7 Å². The van der Waals surface area contributed by atoms with E-state index >= 15 is 0 Å². The van der Waals surface area contributed by atoms with Crippen molar-refractivity contribution in [2.75, 3.05) is 0 Å². The Morgan fingerprint density at radius 3 is 2.89 bits per heavy atom. The number of amides is 1. The Labute approximate surface area is 164 Å². The fourth-order valence-corrected chi connectivity index (χ4v) is 3.01. The summed E-state index contributed by atoms with van der Waals surface area (Å²) in [5.41, 5.74) is 2.72. The third kappa shape index (κ3) is 3.42. The van der Waals surface area contributed by atoms with E-state index in [1.54, 1.807) is 25.1 Å². The molecule has 1 aliphatic rings. The van der Waals surface area contributed by atoms with Gasteiger partial charge in [-0.3, -0.25) is 9.78 Å². The third-order valence-corrected chi connectivity index (χ3v) is 4.42. The van der Waals surface area contributed by atoms with Gasteiger partial charge in [0, 0.05) is 35.1 Å². The number of rotatable bonds is 4. The number of hydrogen-bond acceptors (Lipinski definition) is 4. The van der Waals surface area contributed by atoms with Gasteiger partial charge < -0.3 is 10.1 Å². The third-order valence-electron chi connectivity index (χ3n) is 4.42. The van der Waals surface area contributed by atoms with E-state index in [1.165, 1.54) is 24.4 Å². The number of hydrogen-bond donors (Lipinski definition) is 1. The van der Waals surface area contributed by atoms with Crippen molar-refractivity contribution in [1.29, 1.82) is 5.26 Å². The molecule has 0 unspecified atom stereocenters. The molecule has 0 saturated carbocycles. The molecule has 1 N–H and O–H groups in total. The van der Waals surface area contributed by atoms with Gasteiger partial charge in [-0.05, 0) is 54.4 Å². The predicted octanol–water partition coefficient (Wildman–Crippen LogP) is 3.89. The van der Waals surface area contributed by atoms with Gasteiger partial charge >= 0.3 is 0 Å². The van der Waals surface area contributed by atoms with Crippen LogP contribution in [0.3, 0.4) is 0 Å². The Kier molecular flexibility index (Phi) is 3.90. The second-order valence-electron chi connectivity index (χ2n) is 6.42. The molecule has 6 heteroatoms. The van der Waals surface area contributed by atoms with E-state index in [2.05, 4.69) is 10.3 Å². The first-order valence-corrected chi connectivity index (χ1v) is 8.55. The molecule has 28 heavy (non-hydrogen) atoms. The summed E-state index contributed by atoms with van der Waals surface area (Å²) in [5, 5.41) is 11.9. The molecule has 138 valence electrons. The lowest BCUT2D eigenvalue weighted by Crippen LogP contribution is -2.12. The summed E-state index contributed by atoms with van der Waals surface area (Å²) < 4.78 is 36.6. The SMILES string of the molecule is [2H]C([2H])(Oc1cc2c(cc1-c1cc(F)cc(C#N)c1)C(=O)NC2)c1ccc(C)nc1. The average Bonchev–Trinajstić information content (AvgIpc) is 3.06. The van der Waals surface area contributed by atoms with Gasteiger partial charge in [0.05, 0.1) is 14.4 Å². The molecule has 0 fully saturated rings. The second-order valence-corrected chi connectivity index (χ2v) is 6.42. The Balaban J connectivity index is 1.85. The number of fused-ring (bicyclic) bond motifs is 1. The number of pyridine rings is 1. The summed E-state index contributed by atoms with van der Waals surface area (Å²) in [6.07, 6.45) is 1.39. The van der Waals surface area contributed by atoms with Gasteiger partial charge in [0.15, 0.2) is 0 Å². The Morgan fingerprint density at radius 2 is 2.14 bits per heavy atom. The van der Waals surface area contributed by atoms with Crippen LogP contribution in [0.15, 0.2) is 48.7 Å². The molecular formula is C22H16FN3O2. The number of nitrogens with zero attached hydrogens (tertiary/aromatic N) is 2. The van der Waals surface area contributed by atoms with E-state index in [4.69, 9.17) is 7.48 Å². The van der Waals surface area contributed by atoms with Crippen LogP contribution in [0.4, 0.5) is 4.39 Å². The van der Waals surface area contributed by atoms with Gasteiger partial charge in [-0.1, -0.05) is 6.07 Å². The molecule has 0 bridgehead atoms. The molecule has 0 saturated heterocycles. The first-order chi connectivity index (χ1) is 14.3. The molecule has 0 aliphatic carbocycles. The molecule has 3 aromatic rings. The first-order valence-electron chi connectivity index (χ1n) is 9.55. The van der Waals surface area contributed by atoms with Gasteiger partial charge in [-0.2, -0.15) is 5.26 Å². The van der Waals surface area contributed by atoms with Crippen molar-refractivity contribution in [2.45, 2.75) is 20.0 Å². The minimum Gasteiger partial charge on any atom is -0.488 e. The molecule has 2 aromatic carbocycles. The van der Waals surface area contributed by atoms with Crippen molar-refractivity contribution in [1.82, 2.24) is 10.3 Å². The second kappa shape index (κ2) is 7.12. The van der Waals surface area contributed by atoms with Gasteiger partial charge in [0.1, 0.15) is 18.1 Å². The zero-order valence-corrected chi connectivity index (χ0v) is 14.9. The smallest absolute Gasteiger partial charge is 0.251 e. The van der Waals surface area contributed by atoms with E-state index < -0.39 is 12.4 Å². The maximum atomic E-state index is 14.1. The maximum absolute atomic E-state index is 14.1. The summed E-state index contributed by atoms with van der Waals surface area (Å²) in [5.74, 6) is -0.767. The number of ether oxygens (including phenoxy) is 1. The normalized spacial score (nSPS) is 13.8. The highest BCUT2D eigenvalue weighted by Crippen LogP contribution is 2.36. The minimum absolute atomic E-state index is 0.103. The van der Waals surface area contributed by atoms with Crippen LogP contribution < -0.4 is 10.1 Å². The number of carbonyl (C=O) groups excluding carboxylic acids is 1. The highest BCUT2D eigenvalue weighted by Gasteiger charge is 2.23. The van der Waals surface area contributed by atoms with Gasteiger partial charge in [0.25, 0.3) is 5.91 Å². The molecule has 1 aliphatic heterocycles. The maximum Gasteiger partial charge on any atom is 0.251 e. The molecule has 0 atom stereocenters. The quantitative estimate of drug-likeness (QED) is 0.751. The molecule has 4 rings (SSSR count). The van der Waals surface area contributed by atoms with Crippen LogP contribution in [-0.2, 0) is 13.1 Å². The number of nitriles is 1. The average molecular weight is 375 g/mol. The molecule has 1 aromatic heterocycles. The molecule has 0 radical (unpaired) electrons. The van der Waals surface area contributed by atoms with E-state index in [9.17, 15) is 14.4 Å². The summed E-state index contributed by atoms with van der Waals surface area (Å²) >= 11 is 0. The number of carbonyl (C=O) groups is 1. The summed E-state index contributed by atoms with van der Waals surface area (Å²) in [7, 11) is 0. The summed E-state index contributed by atoms with van der Waals surface area (Å²) in [6.45, 7) is -0.156. The Morgan fingerprint density at radius 1 is 1.29 bits per heavy atom. The van der Waals surface area contributed by atoms with Crippen molar-refractivity contribution in [3.05, 3.63) is 82.4 Å². The zero-order chi connectivity index (χ0) is 21.5. The number of nitrogens with one attached hydrogen (secondary N) is 1. The zero-order valence-electron chi connectivity index (χ0n) is 16.9. The lowest BCUT2D eigenvalue weighted by Gasteiger charge is -2.14. The van der Waals surface area contributed by atoms with Crippen LogP contribution in [0.2, 0.25) is 0 Å². The van der Waals surface area contributed by atoms with Crippen LogP contribution in [0.1, 0.15) is 35.5 Å². The summed E-state index contributed by atoms with van der Waals surface area (Å²) in [6, 6.07) is 12.0. The van der Waals surface area contributed by atoms with Crippen molar-refractivity contribution >= 4 is 5.91 Å². The standard InChI is InChI=1S/C22H16FN3O2/c1-13-2-3-14(10-25-13)12-28-21-7-17-11-26-22(27)20(17)8-19(21)16-4-15(9-24)5-18(23)6-16/h2-8,10H,11-12H2,1H3,(H,26,27)/i12D2. The van der Waals surface area contributed by atoms with Crippen molar-refractivity contribution in [3.8, 4) is 22.9 Å². The Bertz CT molecular complexity index is 1200. The van der Waals surface area contributed by atoms with Gasteiger partial charge in [0.2, 0.25) is 0 Å². The molecule has 5 nitrogen and oxygen atoms in total. The molecule has 2 heterocycles. The van der Waals surface area contributed by atoms with Crippen molar-refractivity contribution in [2.24, 2.45) is 0 Å². The van der Waals surface area contributed by atoms with Crippen molar-refractivity contribution in [3.63, 3.8) is 0 Å². The molecule has 1 amide bonds. The number of aromatic nitrogens is 1. The minimum atomic E-state index is -2.23. The molecule has 0 spiro atoms. The fraction of sp³-hybridized carbons (Fsp3) is 0.136. The summed E-state index contributed by atoms with van der Waals surface area (Å²) in [4.78, 5) is 16.2. The number of aryl methyl sites for hydroxylation is 1. The molecular weight excluding hydrogens is 357 g/mol. The largest absolute Gasteiger partial charge is 0.488 e. The lowest BCUT2D eigenvalue weighted by atomic mass is 9.97. The van der Waals surface area contributed by atoms with Crippen LogP contribution in [0, 0.1) is 24.1 Å². The highest BCUT2D eigenvalue weighted by atomic mass is 19.1. The van der Waals surface area contributed by atoms with Crippen LogP contribution >= 0.6 is 0 Å². The van der Waals surface area contributed by atoms with Crippen LogP contribution in [-0.4, -0.2) is 10.9 Å². The van der Waals surface area contributed by atoms with E-state index in [-0.39, 0.29) is 29.3 Å². The lowest BCUT2D eigenvalue weighted by molar-refractivity contribution is 0.0966. The Hall–Kier alpha value is -3.72. The monoisotopic (exact) mass is 375 g/mol. The van der Waals surface area contributed by atoms with E-state index in [0.717, 1.165) is 11.8 Å². The topological polar surface area (TPSA) is 75.0 Å². The fourth-order valence-electron chi connectivity index (χ4n) is 3.01. The van der Waals surface area contributed by atoms with Gasteiger partial charge in [-0.15, -0.1) is 0 Å².